The van der Waals surface area contributed by atoms with E-state index in [4.69, 9.17) is 9.47 Å². The average Bonchev–Trinajstić information content (AvgIpc) is 3.15. The maximum Gasteiger partial charge on any atom is 0.234 e. The minimum absolute atomic E-state index is 0.0567. The predicted octanol–water partition coefficient (Wildman–Crippen LogP) is 3.16. The summed E-state index contributed by atoms with van der Waals surface area (Å²) in [5, 5.41) is 3.01. The Balaban J connectivity index is 1.53. The molecule has 0 aliphatic carbocycles. The molecule has 3 rings (SSSR count). The van der Waals surface area contributed by atoms with Crippen LogP contribution in [0.1, 0.15) is 30.0 Å². The van der Waals surface area contributed by atoms with Crippen LogP contribution in [0.25, 0.3) is 0 Å². The van der Waals surface area contributed by atoms with Crippen molar-refractivity contribution in [1.29, 1.82) is 0 Å². The topological polar surface area (TPSA) is 50.8 Å². The Bertz CT molecular complexity index is 713. The first-order chi connectivity index (χ1) is 12.7. The zero-order chi connectivity index (χ0) is 18.4. The van der Waals surface area contributed by atoms with E-state index >= 15 is 0 Å². The molecule has 1 fully saturated rings. The number of rotatable bonds is 7. The van der Waals surface area contributed by atoms with Crippen LogP contribution in [-0.4, -0.2) is 38.1 Å². The smallest absolute Gasteiger partial charge is 0.234 e. The normalized spacial score (nSPS) is 17.1. The van der Waals surface area contributed by atoms with E-state index in [1.54, 1.807) is 14.2 Å². The van der Waals surface area contributed by atoms with Crippen molar-refractivity contribution in [3.8, 4) is 11.5 Å². The zero-order valence-corrected chi connectivity index (χ0v) is 15.4. The molecule has 0 radical (unpaired) electrons. The van der Waals surface area contributed by atoms with Crippen molar-refractivity contribution in [3.05, 3.63) is 59.7 Å². The monoisotopic (exact) mass is 354 g/mol. The summed E-state index contributed by atoms with van der Waals surface area (Å²) < 4.78 is 10.4. The van der Waals surface area contributed by atoms with Crippen molar-refractivity contribution in [2.45, 2.75) is 25.4 Å². The van der Waals surface area contributed by atoms with Gasteiger partial charge in [0.25, 0.3) is 0 Å². The van der Waals surface area contributed by atoms with Crippen molar-refractivity contribution in [3.63, 3.8) is 0 Å². The Labute approximate surface area is 154 Å². The standard InChI is InChI=1S/C21H26N2O3/c1-25-18-9-5-16(6-10-18)14-22-21(24)15-23-13-3-4-20(23)17-7-11-19(26-2)12-8-17/h5-12,20H,3-4,13-15H2,1-2H3,(H,22,24)/t20-/m0/s1. The zero-order valence-electron chi connectivity index (χ0n) is 15.4. The van der Waals surface area contributed by atoms with E-state index < -0.39 is 0 Å². The number of likely N-dealkylation sites (tertiary alicyclic amines) is 1. The van der Waals surface area contributed by atoms with Gasteiger partial charge in [0, 0.05) is 12.6 Å². The van der Waals surface area contributed by atoms with Crippen LogP contribution in [0.4, 0.5) is 0 Å². The number of methoxy groups -OCH3 is 2. The summed E-state index contributed by atoms with van der Waals surface area (Å²) in [5.74, 6) is 1.73. The molecule has 138 valence electrons. The molecule has 1 aliphatic heterocycles. The van der Waals surface area contributed by atoms with Gasteiger partial charge in [-0.1, -0.05) is 24.3 Å². The number of hydrogen-bond donors (Lipinski definition) is 1. The number of ether oxygens (including phenoxy) is 2. The molecule has 2 aromatic carbocycles. The predicted molar refractivity (Wildman–Crippen MR) is 101 cm³/mol. The van der Waals surface area contributed by atoms with Gasteiger partial charge in [-0.15, -0.1) is 0 Å². The third-order valence-electron chi connectivity index (χ3n) is 4.86. The molecule has 0 unspecified atom stereocenters. The van der Waals surface area contributed by atoms with Gasteiger partial charge in [0.15, 0.2) is 0 Å². The van der Waals surface area contributed by atoms with Gasteiger partial charge in [-0.3, -0.25) is 9.69 Å². The molecular weight excluding hydrogens is 328 g/mol. The van der Waals surface area contributed by atoms with Crippen molar-refractivity contribution in [2.75, 3.05) is 27.3 Å². The van der Waals surface area contributed by atoms with Crippen molar-refractivity contribution < 1.29 is 14.3 Å². The lowest BCUT2D eigenvalue weighted by molar-refractivity contribution is -0.122. The van der Waals surface area contributed by atoms with Crippen LogP contribution in [0.15, 0.2) is 48.5 Å². The third kappa shape index (κ3) is 4.55. The SMILES string of the molecule is COc1ccc(CNC(=O)CN2CCC[C@H]2c2ccc(OC)cc2)cc1. The number of benzene rings is 2. The van der Waals surface area contributed by atoms with E-state index in [1.165, 1.54) is 5.56 Å². The van der Waals surface area contributed by atoms with Crippen molar-refractivity contribution >= 4 is 5.91 Å². The van der Waals surface area contributed by atoms with Crippen LogP contribution in [0, 0.1) is 0 Å². The van der Waals surface area contributed by atoms with E-state index in [2.05, 4.69) is 22.3 Å². The van der Waals surface area contributed by atoms with Gasteiger partial charge in [-0.05, 0) is 54.8 Å². The highest BCUT2D eigenvalue weighted by molar-refractivity contribution is 5.78. The quantitative estimate of drug-likeness (QED) is 0.830. The number of carbonyl (C=O) groups excluding carboxylic acids is 1. The van der Waals surface area contributed by atoms with E-state index in [-0.39, 0.29) is 5.91 Å². The molecule has 1 atom stereocenters. The second kappa shape index (κ2) is 8.72. The number of amides is 1. The molecule has 26 heavy (non-hydrogen) atoms. The summed E-state index contributed by atoms with van der Waals surface area (Å²) >= 11 is 0. The number of nitrogens with zero attached hydrogens (tertiary/aromatic N) is 1. The molecule has 1 aliphatic rings. The van der Waals surface area contributed by atoms with E-state index in [9.17, 15) is 4.79 Å². The fraction of sp³-hybridized carbons (Fsp3) is 0.381. The van der Waals surface area contributed by atoms with Crippen LogP contribution < -0.4 is 14.8 Å². The minimum Gasteiger partial charge on any atom is -0.497 e. The molecule has 1 N–H and O–H groups in total. The van der Waals surface area contributed by atoms with Gasteiger partial charge in [0.05, 0.1) is 20.8 Å². The van der Waals surface area contributed by atoms with Crippen molar-refractivity contribution in [2.24, 2.45) is 0 Å². The van der Waals surface area contributed by atoms with Gasteiger partial charge < -0.3 is 14.8 Å². The summed E-state index contributed by atoms with van der Waals surface area (Å²) in [6, 6.07) is 16.2. The number of hydrogen-bond acceptors (Lipinski definition) is 4. The van der Waals surface area contributed by atoms with Crippen LogP contribution in [-0.2, 0) is 11.3 Å². The maximum absolute atomic E-state index is 12.4. The largest absolute Gasteiger partial charge is 0.497 e. The Morgan fingerprint density at radius 2 is 1.65 bits per heavy atom. The molecule has 2 aromatic rings. The Kier molecular flexibility index (Phi) is 6.12. The molecule has 0 aromatic heterocycles. The van der Waals surface area contributed by atoms with E-state index in [0.29, 0.717) is 19.1 Å². The lowest BCUT2D eigenvalue weighted by Crippen LogP contribution is -2.36. The molecular formula is C21H26N2O3. The summed E-state index contributed by atoms with van der Waals surface area (Å²) in [6.45, 7) is 1.91. The Morgan fingerprint density at radius 1 is 1.04 bits per heavy atom. The molecule has 0 spiro atoms. The first-order valence-electron chi connectivity index (χ1n) is 8.97. The fourth-order valence-corrected chi connectivity index (χ4v) is 3.40. The third-order valence-corrected chi connectivity index (χ3v) is 4.86. The van der Waals surface area contributed by atoms with Crippen LogP contribution in [0.5, 0.6) is 11.5 Å². The molecule has 1 saturated heterocycles. The summed E-state index contributed by atoms with van der Waals surface area (Å²) in [5.41, 5.74) is 2.30. The Hall–Kier alpha value is -2.53. The second-order valence-electron chi connectivity index (χ2n) is 6.53. The number of carbonyl (C=O) groups is 1. The lowest BCUT2D eigenvalue weighted by Gasteiger charge is -2.24. The summed E-state index contributed by atoms with van der Waals surface area (Å²) in [4.78, 5) is 14.6. The van der Waals surface area contributed by atoms with Gasteiger partial charge in [0.2, 0.25) is 5.91 Å². The second-order valence-corrected chi connectivity index (χ2v) is 6.53. The van der Waals surface area contributed by atoms with Crippen LogP contribution >= 0.6 is 0 Å². The highest BCUT2D eigenvalue weighted by Crippen LogP contribution is 2.32. The first kappa shape index (κ1) is 18.3. The first-order valence-corrected chi connectivity index (χ1v) is 8.97. The maximum atomic E-state index is 12.4. The molecule has 0 bridgehead atoms. The molecule has 0 saturated carbocycles. The van der Waals surface area contributed by atoms with Gasteiger partial charge in [0.1, 0.15) is 11.5 Å². The molecule has 1 heterocycles. The average molecular weight is 354 g/mol. The Morgan fingerprint density at radius 3 is 2.27 bits per heavy atom. The van der Waals surface area contributed by atoms with Gasteiger partial charge in [-0.25, -0.2) is 0 Å². The van der Waals surface area contributed by atoms with E-state index in [0.717, 1.165) is 36.4 Å². The van der Waals surface area contributed by atoms with E-state index in [1.807, 2.05) is 36.4 Å². The fourth-order valence-electron chi connectivity index (χ4n) is 3.40. The molecule has 5 heteroatoms. The summed E-state index contributed by atoms with van der Waals surface area (Å²) in [6.07, 6.45) is 2.19. The van der Waals surface area contributed by atoms with Crippen molar-refractivity contribution in [1.82, 2.24) is 10.2 Å². The van der Waals surface area contributed by atoms with Crippen LogP contribution in [0.2, 0.25) is 0 Å². The highest BCUT2D eigenvalue weighted by Gasteiger charge is 2.27. The molecule has 5 nitrogen and oxygen atoms in total. The minimum atomic E-state index is 0.0567. The summed E-state index contributed by atoms with van der Waals surface area (Å²) in [7, 11) is 3.32. The van der Waals surface area contributed by atoms with Crippen LogP contribution in [0.3, 0.4) is 0 Å². The van der Waals surface area contributed by atoms with Gasteiger partial charge >= 0.3 is 0 Å². The number of nitrogens with one attached hydrogen (secondary N) is 1. The molecule has 1 amide bonds. The lowest BCUT2D eigenvalue weighted by atomic mass is 10.0. The van der Waals surface area contributed by atoms with Gasteiger partial charge in [-0.2, -0.15) is 0 Å². The highest BCUT2D eigenvalue weighted by atomic mass is 16.5.